The van der Waals surface area contributed by atoms with Crippen molar-refractivity contribution in [2.24, 2.45) is 0 Å². The molecule has 0 saturated heterocycles. The summed E-state index contributed by atoms with van der Waals surface area (Å²) in [4.78, 5) is 12.0. The van der Waals surface area contributed by atoms with Crippen LogP contribution in [0.3, 0.4) is 0 Å². The van der Waals surface area contributed by atoms with Gasteiger partial charge in [0.25, 0.3) is 0 Å². The number of thiophene rings is 1. The molecule has 0 fully saturated rings. The zero-order valence-corrected chi connectivity index (χ0v) is 7.89. The van der Waals surface area contributed by atoms with E-state index >= 15 is 0 Å². The summed E-state index contributed by atoms with van der Waals surface area (Å²) < 4.78 is 5.00. The molecule has 0 amide bonds. The first kappa shape index (κ1) is 9.26. The number of carbonyl (C=O) groups is 1. The van der Waals surface area contributed by atoms with E-state index in [1.54, 1.807) is 11.3 Å². The molecule has 12 heavy (non-hydrogen) atoms. The number of esters is 1. The average Bonchev–Trinajstić information content (AvgIpc) is 2.53. The van der Waals surface area contributed by atoms with Crippen LogP contribution in [0.4, 0.5) is 0 Å². The molecule has 0 saturated carbocycles. The fraction of sp³-hybridized carbons (Fsp3) is 0.444. The van der Waals surface area contributed by atoms with Crippen molar-refractivity contribution in [3.8, 4) is 0 Å². The standard InChI is InChI=1S/C9H12O2S/c1-2-4-9(10)11-7-8-5-3-6-12-8/h3,5-6H,2,4,7H2,1H3. The maximum absolute atomic E-state index is 10.9. The van der Waals surface area contributed by atoms with Crippen LogP contribution >= 0.6 is 11.3 Å². The van der Waals surface area contributed by atoms with Gasteiger partial charge in [0.1, 0.15) is 6.61 Å². The molecule has 3 heteroatoms. The Morgan fingerprint density at radius 3 is 3.08 bits per heavy atom. The SMILES string of the molecule is CCCC(=O)OCc1cccs1. The van der Waals surface area contributed by atoms with E-state index in [-0.39, 0.29) is 5.97 Å². The molecule has 0 radical (unpaired) electrons. The molecule has 0 aliphatic heterocycles. The Morgan fingerprint density at radius 2 is 2.50 bits per heavy atom. The second-order valence-corrected chi connectivity index (χ2v) is 3.52. The van der Waals surface area contributed by atoms with E-state index in [2.05, 4.69) is 0 Å². The van der Waals surface area contributed by atoms with E-state index in [0.29, 0.717) is 13.0 Å². The first-order valence-electron chi connectivity index (χ1n) is 4.01. The summed E-state index contributed by atoms with van der Waals surface area (Å²) in [5.41, 5.74) is 0. The van der Waals surface area contributed by atoms with Crippen molar-refractivity contribution in [2.45, 2.75) is 26.4 Å². The van der Waals surface area contributed by atoms with Gasteiger partial charge in [0, 0.05) is 11.3 Å². The van der Waals surface area contributed by atoms with E-state index in [0.717, 1.165) is 11.3 Å². The fourth-order valence-electron chi connectivity index (χ4n) is 0.823. The van der Waals surface area contributed by atoms with Gasteiger partial charge < -0.3 is 4.74 Å². The van der Waals surface area contributed by atoms with Gasteiger partial charge in [-0.1, -0.05) is 13.0 Å². The number of carbonyl (C=O) groups excluding carboxylic acids is 1. The summed E-state index contributed by atoms with van der Waals surface area (Å²) in [5.74, 6) is -0.106. The Labute approximate surface area is 76.2 Å². The second kappa shape index (κ2) is 4.93. The maximum Gasteiger partial charge on any atom is 0.306 e. The van der Waals surface area contributed by atoms with Crippen LogP contribution in [0.5, 0.6) is 0 Å². The summed E-state index contributed by atoms with van der Waals surface area (Å²) in [5, 5.41) is 1.98. The molecule has 2 nitrogen and oxygen atoms in total. The Hall–Kier alpha value is -0.830. The lowest BCUT2D eigenvalue weighted by atomic mass is 10.3. The third kappa shape index (κ3) is 3.05. The van der Waals surface area contributed by atoms with Gasteiger partial charge in [0.15, 0.2) is 0 Å². The highest BCUT2D eigenvalue weighted by Gasteiger charge is 2.00. The Balaban J connectivity index is 2.22. The van der Waals surface area contributed by atoms with Crippen molar-refractivity contribution in [3.63, 3.8) is 0 Å². The Kier molecular flexibility index (Phi) is 3.80. The molecule has 66 valence electrons. The van der Waals surface area contributed by atoms with Crippen LogP contribution in [0.25, 0.3) is 0 Å². The van der Waals surface area contributed by atoms with Crippen molar-refractivity contribution < 1.29 is 9.53 Å². The lowest BCUT2D eigenvalue weighted by Gasteiger charge is -2.00. The highest BCUT2D eigenvalue weighted by atomic mass is 32.1. The Bertz CT molecular complexity index is 229. The largest absolute Gasteiger partial charge is 0.460 e. The molecule has 0 aliphatic rings. The first-order valence-corrected chi connectivity index (χ1v) is 4.89. The number of ether oxygens (including phenoxy) is 1. The fourth-order valence-corrected chi connectivity index (χ4v) is 1.44. The predicted molar refractivity (Wildman–Crippen MR) is 49.0 cm³/mol. The molecule has 1 heterocycles. The van der Waals surface area contributed by atoms with Crippen molar-refractivity contribution in [1.29, 1.82) is 0 Å². The molecule has 0 unspecified atom stereocenters. The maximum atomic E-state index is 10.9. The lowest BCUT2D eigenvalue weighted by molar-refractivity contribution is -0.144. The average molecular weight is 184 g/mol. The van der Waals surface area contributed by atoms with Crippen LogP contribution in [0.1, 0.15) is 24.6 Å². The van der Waals surface area contributed by atoms with E-state index in [1.807, 2.05) is 24.4 Å². The van der Waals surface area contributed by atoms with Crippen LogP contribution in [-0.4, -0.2) is 5.97 Å². The normalized spacial score (nSPS) is 9.75. The predicted octanol–water partition coefficient (Wildman–Crippen LogP) is 2.59. The third-order valence-electron chi connectivity index (χ3n) is 1.41. The van der Waals surface area contributed by atoms with Gasteiger partial charge in [-0.25, -0.2) is 0 Å². The molecule has 0 aromatic carbocycles. The first-order chi connectivity index (χ1) is 5.83. The van der Waals surface area contributed by atoms with Gasteiger partial charge in [-0.05, 0) is 17.9 Å². The van der Waals surface area contributed by atoms with Gasteiger partial charge in [0.05, 0.1) is 0 Å². The zero-order chi connectivity index (χ0) is 8.81. The zero-order valence-electron chi connectivity index (χ0n) is 7.08. The van der Waals surface area contributed by atoms with Crippen LogP contribution in [0, 0.1) is 0 Å². The minimum Gasteiger partial charge on any atom is -0.460 e. The van der Waals surface area contributed by atoms with Gasteiger partial charge in [0.2, 0.25) is 0 Å². The molecular weight excluding hydrogens is 172 g/mol. The van der Waals surface area contributed by atoms with Crippen molar-refractivity contribution in [3.05, 3.63) is 22.4 Å². The molecule has 0 atom stereocenters. The smallest absolute Gasteiger partial charge is 0.306 e. The molecule has 0 bridgehead atoms. The number of hydrogen-bond acceptors (Lipinski definition) is 3. The monoisotopic (exact) mass is 184 g/mol. The number of rotatable bonds is 4. The van der Waals surface area contributed by atoms with Crippen LogP contribution in [-0.2, 0) is 16.1 Å². The van der Waals surface area contributed by atoms with Gasteiger partial charge >= 0.3 is 5.97 Å². The van der Waals surface area contributed by atoms with Crippen molar-refractivity contribution in [2.75, 3.05) is 0 Å². The van der Waals surface area contributed by atoms with Crippen LogP contribution < -0.4 is 0 Å². The van der Waals surface area contributed by atoms with Crippen LogP contribution in [0.15, 0.2) is 17.5 Å². The highest BCUT2D eigenvalue weighted by Crippen LogP contribution is 2.10. The van der Waals surface area contributed by atoms with Gasteiger partial charge in [-0.2, -0.15) is 0 Å². The molecule has 1 rings (SSSR count). The summed E-state index contributed by atoms with van der Waals surface area (Å²) in [7, 11) is 0. The van der Waals surface area contributed by atoms with E-state index in [9.17, 15) is 4.79 Å². The van der Waals surface area contributed by atoms with Crippen molar-refractivity contribution in [1.82, 2.24) is 0 Å². The minimum absolute atomic E-state index is 0.106. The lowest BCUT2D eigenvalue weighted by Crippen LogP contribution is -2.02. The topological polar surface area (TPSA) is 26.3 Å². The molecule has 0 N–H and O–H groups in total. The van der Waals surface area contributed by atoms with Crippen molar-refractivity contribution >= 4 is 17.3 Å². The summed E-state index contributed by atoms with van der Waals surface area (Å²) in [6.45, 7) is 2.39. The van der Waals surface area contributed by atoms with E-state index in [1.165, 1.54) is 0 Å². The minimum atomic E-state index is -0.106. The molecular formula is C9H12O2S. The van der Waals surface area contributed by atoms with Gasteiger partial charge in [-0.3, -0.25) is 4.79 Å². The van der Waals surface area contributed by atoms with Crippen LogP contribution in [0.2, 0.25) is 0 Å². The van der Waals surface area contributed by atoms with Gasteiger partial charge in [-0.15, -0.1) is 11.3 Å². The number of hydrogen-bond donors (Lipinski definition) is 0. The summed E-state index contributed by atoms with van der Waals surface area (Å²) in [6.07, 6.45) is 1.37. The Morgan fingerprint density at radius 1 is 1.67 bits per heavy atom. The second-order valence-electron chi connectivity index (χ2n) is 2.49. The summed E-state index contributed by atoms with van der Waals surface area (Å²) >= 11 is 1.61. The summed E-state index contributed by atoms with van der Waals surface area (Å²) in [6, 6.07) is 3.91. The molecule has 1 aromatic rings. The molecule has 0 aliphatic carbocycles. The quantitative estimate of drug-likeness (QED) is 0.672. The molecule has 0 spiro atoms. The van der Waals surface area contributed by atoms with E-state index in [4.69, 9.17) is 4.74 Å². The molecule has 1 aromatic heterocycles. The van der Waals surface area contributed by atoms with E-state index < -0.39 is 0 Å². The third-order valence-corrected chi connectivity index (χ3v) is 2.26. The highest BCUT2D eigenvalue weighted by molar-refractivity contribution is 7.09.